The molecule has 0 nitrogen and oxygen atoms in total. The molecule has 0 saturated heterocycles. The normalized spacial score (nSPS) is 9.24. The van der Waals surface area contributed by atoms with Crippen molar-refractivity contribution in [2.45, 2.75) is 52.2 Å². The minimum atomic E-state index is 1.28. The molecule has 0 aliphatic rings. The van der Waals surface area contributed by atoms with E-state index >= 15 is 0 Å². The number of thioether (sulfide) groups is 3. The Hall–Kier alpha value is -2.50. The van der Waals surface area contributed by atoms with Gasteiger partial charge in [0.25, 0.3) is 0 Å². The van der Waals surface area contributed by atoms with Crippen LogP contribution in [0.5, 0.6) is 0 Å². The van der Waals surface area contributed by atoms with Crippen molar-refractivity contribution in [3.8, 4) is 11.1 Å². The van der Waals surface area contributed by atoms with Gasteiger partial charge in [-0.25, -0.2) is 0 Å². The maximum absolute atomic E-state index is 2.17. The summed E-state index contributed by atoms with van der Waals surface area (Å²) in [5.74, 6) is 0. The minimum absolute atomic E-state index is 1.28. The second kappa shape index (κ2) is 24.1. The first-order chi connectivity index (χ1) is 20.2. The van der Waals surface area contributed by atoms with Crippen molar-refractivity contribution in [1.29, 1.82) is 0 Å². The van der Waals surface area contributed by atoms with Crippen molar-refractivity contribution in [2.24, 2.45) is 0 Å². The highest BCUT2D eigenvalue weighted by molar-refractivity contribution is 7.99. The van der Waals surface area contributed by atoms with Gasteiger partial charge in [-0.15, -0.1) is 35.3 Å². The van der Waals surface area contributed by atoms with Gasteiger partial charge in [0.05, 0.1) is 0 Å². The van der Waals surface area contributed by atoms with Crippen LogP contribution in [-0.4, -0.2) is 18.8 Å². The van der Waals surface area contributed by atoms with E-state index in [0.717, 1.165) is 0 Å². The van der Waals surface area contributed by atoms with Crippen molar-refractivity contribution >= 4 is 47.0 Å². The van der Waals surface area contributed by atoms with Crippen LogP contribution in [0, 0.1) is 0 Å². The third kappa shape index (κ3) is 15.3. The van der Waals surface area contributed by atoms with Crippen molar-refractivity contribution in [1.82, 2.24) is 0 Å². The van der Waals surface area contributed by atoms with Crippen LogP contribution in [0.1, 0.15) is 27.7 Å². The molecule has 0 unspecified atom stereocenters. The zero-order valence-corrected chi connectivity index (χ0v) is 28.7. The van der Waals surface area contributed by atoms with Crippen LogP contribution in [0.3, 0.4) is 0 Å². The van der Waals surface area contributed by atoms with Gasteiger partial charge in [0, 0.05) is 24.5 Å². The monoisotopic (exact) mass is 616 g/mol. The Morgan fingerprint density at radius 2 is 0.561 bits per heavy atom. The molecular weight excluding hydrogens is 573 g/mol. The Bertz CT molecular complexity index is 1260. The highest BCUT2D eigenvalue weighted by Crippen LogP contribution is 2.28. The molecular formula is C37H44S4. The van der Waals surface area contributed by atoms with Crippen LogP contribution in [0.4, 0.5) is 0 Å². The summed E-state index contributed by atoms with van der Waals surface area (Å²) >= 11 is 7.11. The van der Waals surface area contributed by atoms with Gasteiger partial charge in [-0.3, -0.25) is 0 Å². The third-order valence-corrected chi connectivity index (χ3v) is 8.46. The second-order valence-electron chi connectivity index (χ2n) is 7.70. The van der Waals surface area contributed by atoms with Crippen molar-refractivity contribution in [3.05, 3.63) is 140 Å². The van der Waals surface area contributed by atoms with Crippen LogP contribution in [-0.2, 0) is 0 Å². The SMILES string of the molecule is CC.CC.CSc1ccc(-c2ccccc2)cc1.CSc1ccc(Sc2ccccc2)cc1.CSc1ccccc1. The Kier molecular flexibility index (Phi) is 21.5. The molecule has 5 rings (SSSR count). The highest BCUT2D eigenvalue weighted by atomic mass is 32.2. The zero-order chi connectivity index (χ0) is 30.1. The van der Waals surface area contributed by atoms with E-state index in [4.69, 9.17) is 0 Å². The van der Waals surface area contributed by atoms with E-state index in [1.165, 1.54) is 35.6 Å². The fraction of sp³-hybridized carbons (Fsp3) is 0.189. The second-order valence-corrected chi connectivity index (χ2v) is 11.5. The summed E-state index contributed by atoms with van der Waals surface area (Å²) in [6, 6.07) is 48.5. The Morgan fingerprint density at radius 3 is 0.951 bits per heavy atom. The van der Waals surface area contributed by atoms with Crippen molar-refractivity contribution in [3.63, 3.8) is 0 Å². The van der Waals surface area contributed by atoms with Crippen LogP contribution >= 0.6 is 47.0 Å². The quantitative estimate of drug-likeness (QED) is 0.174. The maximum Gasteiger partial charge on any atom is 0.0123 e. The summed E-state index contributed by atoms with van der Waals surface area (Å²) < 4.78 is 0. The lowest BCUT2D eigenvalue weighted by atomic mass is 10.1. The Balaban J connectivity index is 0.000000300. The van der Waals surface area contributed by atoms with Crippen LogP contribution in [0.15, 0.2) is 164 Å². The van der Waals surface area contributed by atoms with Gasteiger partial charge in [-0.2, -0.15) is 0 Å². The summed E-state index contributed by atoms with van der Waals surface area (Å²) in [4.78, 5) is 6.53. The maximum atomic E-state index is 2.17. The van der Waals surface area contributed by atoms with E-state index in [2.05, 4.69) is 128 Å². The number of benzene rings is 5. The third-order valence-electron chi connectivity index (χ3n) is 5.21. The molecule has 0 radical (unpaired) electrons. The molecule has 41 heavy (non-hydrogen) atoms. The summed E-state index contributed by atoms with van der Waals surface area (Å²) in [5.41, 5.74) is 2.56. The smallest absolute Gasteiger partial charge is 0.0123 e. The summed E-state index contributed by atoms with van der Waals surface area (Å²) in [7, 11) is 0. The molecule has 0 N–H and O–H groups in total. The lowest BCUT2D eigenvalue weighted by molar-refractivity contribution is 1.34. The van der Waals surface area contributed by atoms with Gasteiger partial charge in [0.2, 0.25) is 0 Å². The van der Waals surface area contributed by atoms with Gasteiger partial charge in [-0.05, 0) is 90.6 Å². The molecule has 216 valence electrons. The largest absolute Gasteiger partial charge is 0.130 e. The minimum Gasteiger partial charge on any atom is -0.130 e. The van der Waals surface area contributed by atoms with Crippen molar-refractivity contribution < 1.29 is 0 Å². The highest BCUT2D eigenvalue weighted by Gasteiger charge is 1.97. The average Bonchev–Trinajstić information content (AvgIpc) is 3.09. The molecule has 0 heterocycles. The molecule has 0 amide bonds. The summed E-state index contributed by atoms with van der Waals surface area (Å²) in [6.07, 6.45) is 6.27. The Labute approximate surface area is 267 Å². The van der Waals surface area contributed by atoms with Crippen LogP contribution < -0.4 is 0 Å². The van der Waals surface area contributed by atoms with E-state index in [1.54, 1.807) is 47.0 Å². The number of rotatable bonds is 6. The molecule has 5 aromatic rings. The first-order valence-electron chi connectivity index (χ1n) is 13.9. The van der Waals surface area contributed by atoms with E-state index in [0.29, 0.717) is 0 Å². The molecule has 0 fully saturated rings. The molecule has 5 aromatic carbocycles. The predicted molar refractivity (Wildman–Crippen MR) is 193 cm³/mol. The van der Waals surface area contributed by atoms with Gasteiger partial charge in [0.1, 0.15) is 0 Å². The average molecular weight is 617 g/mol. The standard InChI is InChI=1S/C13H12S2.C13H12S.C7H8S.2C2H6/c1-14-11-7-9-13(10-8-11)15-12-5-3-2-4-6-12;1-14-13-9-7-12(8-10-13)11-5-3-2-4-6-11;1-8-7-5-3-2-4-6-7;2*1-2/h2-10H,1H3;2-10H,1H3;2-6H,1H3;2*1-2H3. The van der Waals surface area contributed by atoms with Crippen LogP contribution in [0.25, 0.3) is 11.1 Å². The van der Waals surface area contributed by atoms with E-state index in [-0.39, 0.29) is 0 Å². The lowest BCUT2D eigenvalue weighted by Crippen LogP contribution is -1.76. The van der Waals surface area contributed by atoms with E-state index < -0.39 is 0 Å². The van der Waals surface area contributed by atoms with Gasteiger partial charge in [0.15, 0.2) is 0 Å². The van der Waals surface area contributed by atoms with Gasteiger partial charge in [-0.1, -0.05) is 118 Å². The molecule has 0 aliphatic carbocycles. The molecule has 0 spiro atoms. The summed E-state index contributed by atoms with van der Waals surface area (Å²) in [6.45, 7) is 8.00. The number of hydrogen-bond acceptors (Lipinski definition) is 4. The molecule has 0 atom stereocenters. The Morgan fingerprint density at radius 1 is 0.293 bits per heavy atom. The molecule has 0 aliphatic heterocycles. The first-order valence-corrected chi connectivity index (χ1v) is 18.4. The lowest BCUT2D eigenvalue weighted by Gasteiger charge is -2.02. The first kappa shape index (κ1) is 36.5. The topological polar surface area (TPSA) is 0 Å². The molecule has 0 saturated carbocycles. The van der Waals surface area contributed by atoms with Gasteiger partial charge >= 0.3 is 0 Å². The molecule has 4 heteroatoms. The predicted octanol–water partition coefficient (Wildman–Crippen LogP) is 13.1. The zero-order valence-electron chi connectivity index (χ0n) is 25.4. The van der Waals surface area contributed by atoms with Gasteiger partial charge < -0.3 is 0 Å². The fourth-order valence-electron chi connectivity index (χ4n) is 3.24. The summed E-state index contributed by atoms with van der Waals surface area (Å²) in [5, 5.41) is 0. The number of hydrogen-bond donors (Lipinski definition) is 0. The van der Waals surface area contributed by atoms with E-state index in [1.807, 2.05) is 58.0 Å². The van der Waals surface area contributed by atoms with Crippen LogP contribution in [0.2, 0.25) is 0 Å². The fourth-order valence-corrected chi connectivity index (χ4v) is 5.32. The van der Waals surface area contributed by atoms with Crippen molar-refractivity contribution in [2.75, 3.05) is 18.8 Å². The van der Waals surface area contributed by atoms with E-state index in [9.17, 15) is 0 Å². The molecule has 0 aromatic heterocycles. The molecule has 0 bridgehead atoms.